The maximum atomic E-state index is 12.1. The maximum absolute atomic E-state index is 12.1. The summed E-state index contributed by atoms with van der Waals surface area (Å²) in [5, 5.41) is 13.6. The van der Waals surface area contributed by atoms with Crippen LogP contribution in [0, 0.1) is 10.1 Å². The average molecular weight is 314 g/mol. The quantitative estimate of drug-likeness (QED) is 0.482. The zero-order valence-electron chi connectivity index (χ0n) is 12.7. The second-order valence-corrected chi connectivity index (χ2v) is 5.01. The number of hydrogen-bond acceptors (Lipinski definition) is 5. The number of hydrogen-bond donors (Lipinski definition) is 2. The average Bonchev–Trinajstić information content (AvgIpc) is 2.55. The number of nitrogens with one attached hydrogen (secondary N) is 1. The molecule has 120 valence electrons. The highest BCUT2D eigenvalue weighted by Gasteiger charge is 2.18. The Kier molecular flexibility index (Phi) is 5.14. The van der Waals surface area contributed by atoms with E-state index in [1.807, 2.05) is 42.3 Å². The molecule has 2 rings (SSSR count). The molecule has 0 heterocycles. The molecule has 0 saturated heterocycles. The molecule has 0 aliphatic carbocycles. The van der Waals surface area contributed by atoms with Crippen molar-refractivity contribution in [1.29, 1.82) is 0 Å². The van der Waals surface area contributed by atoms with Gasteiger partial charge in [-0.3, -0.25) is 14.9 Å². The van der Waals surface area contributed by atoms with E-state index in [4.69, 9.17) is 5.73 Å². The van der Waals surface area contributed by atoms with Crippen LogP contribution in [0.3, 0.4) is 0 Å². The second-order valence-electron chi connectivity index (χ2n) is 5.01. The number of rotatable bonds is 6. The molecule has 7 heteroatoms. The molecule has 7 nitrogen and oxygen atoms in total. The molecule has 0 bridgehead atoms. The number of anilines is 2. The highest BCUT2D eigenvalue weighted by atomic mass is 16.6. The lowest BCUT2D eigenvalue weighted by molar-refractivity contribution is -0.383. The first kappa shape index (κ1) is 16.3. The first-order valence-electron chi connectivity index (χ1n) is 7.08. The van der Waals surface area contributed by atoms with Gasteiger partial charge in [0.2, 0.25) is 0 Å². The molecule has 0 fully saturated rings. The third-order valence-electron chi connectivity index (χ3n) is 3.45. The highest BCUT2D eigenvalue weighted by molar-refractivity contribution is 6.00. The van der Waals surface area contributed by atoms with Gasteiger partial charge in [-0.1, -0.05) is 24.3 Å². The van der Waals surface area contributed by atoms with E-state index in [-0.39, 0.29) is 16.9 Å². The predicted octanol–water partition coefficient (Wildman–Crippen LogP) is 2.04. The van der Waals surface area contributed by atoms with Crippen LogP contribution >= 0.6 is 0 Å². The van der Waals surface area contributed by atoms with Crippen LogP contribution in [0.25, 0.3) is 0 Å². The van der Waals surface area contributed by atoms with Gasteiger partial charge in [-0.15, -0.1) is 0 Å². The maximum Gasteiger partial charge on any atom is 0.292 e. The molecule has 0 atom stereocenters. The minimum Gasteiger partial charge on any atom is -0.393 e. The number of para-hydroxylation sites is 2. The van der Waals surface area contributed by atoms with Gasteiger partial charge >= 0.3 is 0 Å². The smallest absolute Gasteiger partial charge is 0.292 e. The van der Waals surface area contributed by atoms with Gasteiger partial charge in [0.25, 0.3) is 11.6 Å². The summed E-state index contributed by atoms with van der Waals surface area (Å²) in [6.45, 7) is 0.997. The fraction of sp³-hybridized carbons (Fsp3) is 0.188. The Bertz CT molecular complexity index is 704. The molecule has 0 aromatic heterocycles. The van der Waals surface area contributed by atoms with Crippen molar-refractivity contribution in [3.05, 3.63) is 64.2 Å². The van der Waals surface area contributed by atoms with Gasteiger partial charge in [-0.2, -0.15) is 0 Å². The molecule has 23 heavy (non-hydrogen) atoms. The van der Waals surface area contributed by atoms with Crippen LogP contribution in [-0.4, -0.2) is 31.0 Å². The molecule has 0 radical (unpaired) electrons. The third-order valence-corrected chi connectivity index (χ3v) is 3.45. The standard InChI is InChI=1S/C16H18N4O3/c1-19(12-6-3-2-4-7-12)11-10-18-16(21)13-8-5-9-14(15(13)17)20(22)23/h2-9H,10-11,17H2,1H3,(H,18,21). The van der Waals surface area contributed by atoms with Crippen molar-refractivity contribution in [2.75, 3.05) is 30.8 Å². The predicted molar refractivity (Wildman–Crippen MR) is 89.6 cm³/mol. The topological polar surface area (TPSA) is 102 Å². The summed E-state index contributed by atoms with van der Waals surface area (Å²) in [6, 6.07) is 13.9. The van der Waals surface area contributed by atoms with Crippen molar-refractivity contribution in [3.63, 3.8) is 0 Å². The third kappa shape index (κ3) is 3.97. The lowest BCUT2D eigenvalue weighted by Gasteiger charge is -2.19. The Morgan fingerprint density at radius 1 is 1.22 bits per heavy atom. The summed E-state index contributed by atoms with van der Waals surface area (Å²) in [4.78, 5) is 24.4. The fourth-order valence-corrected chi connectivity index (χ4v) is 2.15. The lowest BCUT2D eigenvalue weighted by Crippen LogP contribution is -2.33. The van der Waals surface area contributed by atoms with E-state index in [0.717, 1.165) is 5.69 Å². The normalized spacial score (nSPS) is 10.1. The van der Waals surface area contributed by atoms with Crippen molar-refractivity contribution in [2.45, 2.75) is 0 Å². The van der Waals surface area contributed by atoms with Crippen LogP contribution < -0.4 is 16.0 Å². The largest absolute Gasteiger partial charge is 0.393 e. The Hall–Kier alpha value is -3.09. The minimum atomic E-state index is -0.602. The van der Waals surface area contributed by atoms with Crippen LogP contribution in [0.4, 0.5) is 17.1 Å². The van der Waals surface area contributed by atoms with E-state index in [1.165, 1.54) is 18.2 Å². The van der Waals surface area contributed by atoms with Crippen LogP contribution in [0.1, 0.15) is 10.4 Å². The van der Waals surface area contributed by atoms with Gasteiger partial charge in [0.15, 0.2) is 0 Å². The fourth-order valence-electron chi connectivity index (χ4n) is 2.15. The zero-order chi connectivity index (χ0) is 16.8. The molecule has 0 aliphatic heterocycles. The summed E-state index contributed by atoms with van der Waals surface area (Å²) in [5.74, 6) is -0.423. The number of nitro benzene ring substituents is 1. The van der Waals surface area contributed by atoms with Gasteiger partial charge in [-0.25, -0.2) is 0 Å². The molecule has 3 N–H and O–H groups in total. The summed E-state index contributed by atoms with van der Waals surface area (Å²) in [6.07, 6.45) is 0. The van der Waals surface area contributed by atoms with Crippen LogP contribution in [0.15, 0.2) is 48.5 Å². The summed E-state index contributed by atoms with van der Waals surface area (Å²) < 4.78 is 0. The number of amides is 1. The number of benzene rings is 2. The Morgan fingerprint density at radius 2 is 1.91 bits per heavy atom. The van der Waals surface area contributed by atoms with Gasteiger partial charge in [0, 0.05) is 31.9 Å². The number of carbonyl (C=O) groups is 1. The molecule has 0 saturated carbocycles. The van der Waals surface area contributed by atoms with E-state index in [1.54, 1.807) is 0 Å². The zero-order valence-corrected chi connectivity index (χ0v) is 12.7. The molecular weight excluding hydrogens is 296 g/mol. The minimum absolute atomic E-state index is 0.113. The number of carbonyl (C=O) groups excluding carboxylic acids is 1. The van der Waals surface area contributed by atoms with Gasteiger partial charge in [-0.05, 0) is 18.2 Å². The molecule has 0 aliphatic rings. The highest BCUT2D eigenvalue weighted by Crippen LogP contribution is 2.24. The first-order chi connectivity index (χ1) is 11.0. The summed E-state index contributed by atoms with van der Waals surface area (Å²) >= 11 is 0. The molecule has 2 aromatic carbocycles. The van der Waals surface area contributed by atoms with Crippen molar-refractivity contribution >= 4 is 23.0 Å². The molecule has 0 spiro atoms. The molecule has 1 amide bonds. The van der Waals surface area contributed by atoms with E-state index in [0.29, 0.717) is 13.1 Å². The monoisotopic (exact) mass is 314 g/mol. The molecular formula is C16H18N4O3. The second kappa shape index (κ2) is 7.26. The van der Waals surface area contributed by atoms with Gasteiger partial charge < -0.3 is 16.0 Å². The lowest BCUT2D eigenvalue weighted by atomic mass is 10.1. The summed E-state index contributed by atoms with van der Waals surface area (Å²) in [7, 11) is 1.92. The van der Waals surface area contributed by atoms with E-state index < -0.39 is 10.8 Å². The van der Waals surface area contributed by atoms with Crippen molar-refractivity contribution in [3.8, 4) is 0 Å². The van der Waals surface area contributed by atoms with Gasteiger partial charge in [0.1, 0.15) is 5.69 Å². The van der Waals surface area contributed by atoms with Crippen molar-refractivity contribution in [1.82, 2.24) is 5.32 Å². The van der Waals surface area contributed by atoms with Crippen LogP contribution in [0.5, 0.6) is 0 Å². The van der Waals surface area contributed by atoms with Crippen LogP contribution in [0.2, 0.25) is 0 Å². The first-order valence-corrected chi connectivity index (χ1v) is 7.08. The Morgan fingerprint density at radius 3 is 2.57 bits per heavy atom. The van der Waals surface area contributed by atoms with Gasteiger partial charge in [0.05, 0.1) is 10.5 Å². The number of nitrogens with two attached hydrogens (primary N) is 1. The number of nitro groups is 1. The molecule has 2 aromatic rings. The summed E-state index contributed by atoms with van der Waals surface area (Å²) in [5.41, 5.74) is 6.46. The number of likely N-dealkylation sites (N-methyl/N-ethyl adjacent to an activating group) is 1. The number of nitrogens with zero attached hydrogens (tertiary/aromatic N) is 2. The van der Waals surface area contributed by atoms with Crippen molar-refractivity contribution in [2.24, 2.45) is 0 Å². The van der Waals surface area contributed by atoms with Crippen LogP contribution in [-0.2, 0) is 0 Å². The SMILES string of the molecule is CN(CCNC(=O)c1cccc([N+](=O)[O-])c1N)c1ccccc1. The van der Waals surface area contributed by atoms with E-state index >= 15 is 0 Å². The van der Waals surface area contributed by atoms with Crippen molar-refractivity contribution < 1.29 is 9.72 Å². The van der Waals surface area contributed by atoms with E-state index in [2.05, 4.69) is 5.32 Å². The Balaban J connectivity index is 1.95. The Labute approximate surface area is 133 Å². The number of nitrogen functional groups attached to an aromatic ring is 1. The van der Waals surface area contributed by atoms with E-state index in [9.17, 15) is 14.9 Å². The molecule has 0 unspecified atom stereocenters.